The monoisotopic (exact) mass is 286 g/mol. The van der Waals surface area contributed by atoms with Gasteiger partial charge in [-0.25, -0.2) is 9.59 Å². The summed E-state index contributed by atoms with van der Waals surface area (Å²) < 4.78 is 10.00. The Bertz CT molecular complexity index is 299. The Morgan fingerprint density at radius 3 is 2.40 bits per heavy atom. The summed E-state index contributed by atoms with van der Waals surface area (Å²) in [6.07, 6.45) is 7.35. The average molecular weight is 286 g/mol. The number of ether oxygens (including phenoxy) is 2. The molecule has 0 aromatic heterocycles. The van der Waals surface area contributed by atoms with Gasteiger partial charge < -0.3 is 14.6 Å². The molecule has 0 aliphatic carbocycles. The molecule has 0 spiro atoms. The van der Waals surface area contributed by atoms with Crippen LogP contribution in [0.25, 0.3) is 0 Å². The number of hydrogen-bond donors (Lipinski definition) is 1. The quantitative estimate of drug-likeness (QED) is 0.358. The number of unbranched alkanes of at least 4 members (excludes halogenated alkanes) is 2. The molecular weight excluding hydrogens is 260 g/mol. The maximum atomic E-state index is 11.5. The van der Waals surface area contributed by atoms with Gasteiger partial charge in [-0.2, -0.15) is 0 Å². The van der Waals surface area contributed by atoms with E-state index in [0.29, 0.717) is 6.42 Å². The van der Waals surface area contributed by atoms with Crippen molar-refractivity contribution >= 4 is 11.9 Å². The first kappa shape index (κ1) is 18.6. The lowest BCUT2D eigenvalue weighted by Crippen LogP contribution is -2.16. The van der Waals surface area contributed by atoms with Gasteiger partial charge >= 0.3 is 11.9 Å². The molecule has 0 saturated heterocycles. The normalized spacial score (nSPS) is 12.3. The van der Waals surface area contributed by atoms with E-state index in [2.05, 4.69) is 6.92 Å². The first-order valence-electron chi connectivity index (χ1n) is 7.30. The molecular formula is C15H26O5. The summed E-state index contributed by atoms with van der Waals surface area (Å²) >= 11 is 0. The molecule has 0 aromatic carbocycles. The van der Waals surface area contributed by atoms with Crippen molar-refractivity contribution in [2.24, 2.45) is 0 Å². The molecule has 5 nitrogen and oxygen atoms in total. The van der Waals surface area contributed by atoms with E-state index in [1.165, 1.54) is 0 Å². The summed E-state index contributed by atoms with van der Waals surface area (Å²) in [5.41, 5.74) is 0. The zero-order valence-corrected chi connectivity index (χ0v) is 12.5. The number of esters is 2. The number of rotatable bonds is 11. The minimum absolute atomic E-state index is 0.0328. The smallest absolute Gasteiger partial charge is 0.331 e. The Morgan fingerprint density at radius 2 is 1.80 bits per heavy atom. The second-order valence-corrected chi connectivity index (χ2v) is 4.54. The Hall–Kier alpha value is -1.36. The molecule has 0 heterocycles. The van der Waals surface area contributed by atoms with E-state index in [4.69, 9.17) is 14.6 Å². The highest BCUT2D eigenvalue weighted by Gasteiger charge is 2.10. The molecule has 0 aliphatic rings. The first-order valence-corrected chi connectivity index (χ1v) is 7.30. The largest absolute Gasteiger partial charge is 0.462 e. The van der Waals surface area contributed by atoms with Crippen molar-refractivity contribution in [1.29, 1.82) is 0 Å². The maximum Gasteiger partial charge on any atom is 0.331 e. The van der Waals surface area contributed by atoms with Crippen LogP contribution in [0.4, 0.5) is 0 Å². The summed E-state index contributed by atoms with van der Waals surface area (Å²) in [5, 5.41) is 8.53. The van der Waals surface area contributed by atoms with Crippen LogP contribution in [0.3, 0.4) is 0 Å². The Balaban J connectivity index is 3.96. The number of hydrogen-bond acceptors (Lipinski definition) is 5. The molecule has 0 aliphatic heterocycles. The van der Waals surface area contributed by atoms with Crippen LogP contribution in [0.5, 0.6) is 0 Å². The third-order valence-corrected chi connectivity index (χ3v) is 2.77. The van der Waals surface area contributed by atoms with Crippen molar-refractivity contribution in [3.05, 3.63) is 12.2 Å². The maximum absolute atomic E-state index is 11.5. The standard InChI is InChI=1S/C15H26O5/c1-3-5-6-8-13(4-2)20-15(18)10-9-14(17)19-12-7-11-16/h9-10,13,16H,3-8,11-12H2,1-2H3. The average Bonchev–Trinajstić information content (AvgIpc) is 2.44. The summed E-state index contributed by atoms with van der Waals surface area (Å²) in [5.74, 6) is -1.12. The van der Waals surface area contributed by atoms with Gasteiger partial charge in [0.05, 0.1) is 6.61 Å². The Morgan fingerprint density at radius 1 is 1.10 bits per heavy atom. The predicted molar refractivity (Wildman–Crippen MR) is 76.1 cm³/mol. The predicted octanol–water partition coefficient (Wildman–Crippen LogP) is 2.37. The highest BCUT2D eigenvalue weighted by atomic mass is 16.5. The van der Waals surface area contributed by atoms with E-state index >= 15 is 0 Å². The third kappa shape index (κ3) is 10.6. The zero-order valence-electron chi connectivity index (χ0n) is 12.5. The summed E-state index contributed by atoms with van der Waals surface area (Å²) in [7, 11) is 0. The number of carbonyl (C=O) groups is 2. The highest BCUT2D eigenvalue weighted by Crippen LogP contribution is 2.10. The van der Waals surface area contributed by atoms with Crippen LogP contribution in [-0.2, 0) is 19.1 Å². The van der Waals surface area contributed by atoms with Crippen molar-refractivity contribution in [3.8, 4) is 0 Å². The SMILES string of the molecule is CCCCCC(CC)OC(=O)C=CC(=O)OCCCO. The first-order chi connectivity index (χ1) is 9.63. The van der Waals surface area contributed by atoms with Gasteiger partial charge in [0.2, 0.25) is 0 Å². The van der Waals surface area contributed by atoms with E-state index in [0.717, 1.165) is 44.3 Å². The molecule has 116 valence electrons. The topological polar surface area (TPSA) is 72.8 Å². The number of carbonyl (C=O) groups excluding carboxylic acids is 2. The second kappa shape index (κ2) is 12.7. The summed E-state index contributed by atoms with van der Waals surface area (Å²) in [6, 6.07) is 0. The molecule has 1 N–H and O–H groups in total. The van der Waals surface area contributed by atoms with Gasteiger partial charge in [0.15, 0.2) is 0 Å². The van der Waals surface area contributed by atoms with Crippen LogP contribution in [0.15, 0.2) is 12.2 Å². The molecule has 0 radical (unpaired) electrons. The van der Waals surface area contributed by atoms with E-state index in [1.54, 1.807) is 0 Å². The fourth-order valence-electron chi connectivity index (χ4n) is 1.59. The molecule has 1 atom stereocenters. The minimum Gasteiger partial charge on any atom is -0.462 e. The number of aliphatic hydroxyl groups excluding tert-OH is 1. The van der Waals surface area contributed by atoms with Gasteiger partial charge in [0.1, 0.15) is 6.10 Å². The Kier molecular flexibility index (Phi) is 11.8. The molecule has 5 heteroatoms. The lowest BCUT2D eigenvalue weighted by Gasteiger charge is -2.14. The molecule has 0 fully saturated rings. The van der Waals surface area contributed by atoms with Crippen LogP contribution >= 0.6 is 0 Å². The van der Waals surface area contributed by atoms with Crippen molar-refractivity contribution in [2.45, 2.75) is 58.5 Å². The van der Waals surface area contributed by atoms with Gasteiger partial charge in [-0.3, -0.25) is 0 Å². The molecule has 0 bridgehead atoms. The molecule has 0 amide bonds. The van der Waals surface area contributed by atoms with Crippen molar-refractivity contribution in [2.75, 3.05) is 13.2 Å². The fourth-order valence-corrected chi connectivity index (χ4v) is 1.59. The Labute approximate surface area is 121 Å². The lowest BCUT2D eigenvalue weighted by molar-refractivity contribution is -0.144. The van der Waals surface area contributed by atoms with E-state index in [-0.39, 0.29) is 19.3 Å². The van der Waals surface area contributed by atoms with E-state index in [1.807, 2.05) is 6.92 Å². The van der Waals surface area contributed by atoms with E-state index in [9.17, 15) is 9.59 Å². The molecule has 0 rings (SSSR count). The van der Waals surface area contributed by atoms with Crippen LogP contribution in [0.2, 0.25) is 0 Å². The molecule has 20 heavy (non-hydrogen) atoms. The van der Waals surface area contributed by atoms with Crippen molar-refractivity contribution < 1.29 is 24.2 Å². The minimum atomic E-state index is -0.602. The van der Waals surface area contributed by atoms with Crippen LogP contribution in [0, 0.1) is 0 Å². The highest BCUT2D eigenvalue weighted by molar-refractivity contribution is 5.91. The summed E-state index contributed by atoms with van der Waals surface area (Å²) in [6.45, 7) is 4.20. The summed E-state index contributed by atoms with van der Waals surface area (Å²) in [4.78, 5) is 22.7. The van der Waals surface area contributed by atoms with Crippen LogP contribution in [-0.4, -0.2) is 36.4 Å². The van der Waals surface area contributed by atoms with Crippen LogP contribution < -0.4 is 0 Å². The van der Waals surface area contributed by atoms with E-state index < -0.39 is 11.9 Å². The second-order valence-electron chi connectivity index (χ2n) is 4.54. The lowest BCUT2D eigenvalue weighted by atomic mass is 10.1. The van der Waals surface area contributed by atoms with Gasteiger partial charge in [-0.1, -0.05) is 26.7 Å². The van der Waals surface area contributed by atoms with Crippen molar-refractivity contribution in [3.63, 3.8) is 0 Å². The zero-order chi connectivity index (χ0) is 15.2. The van der Waals surface area contributed by atoms with Crippen molar-refractivity contribution in [1.82, 2.24) is 0 Å². The fraction of sp³-hybridized carbons (Fsp3) is 0.733. The number of aliphatic hydroxyl groups is 1. The van der Waals surface area contributed by atoms with Gasteiger partial charge in [0, 0.05) is 25.2 Å². The van der Waals surface area contributed by atoms with Gasteiger partial charge in [-0.15, -0.1) is 0 Å². The molecule has 1 unspecified atom stereocenters. The van der Waals surface area contributed by atoms with Gasteiger partial charge in [-0.05, 0) is 19.3 Å². The molecule has 0 saturated carbocycles. The molecule has 0 aromatic rings. The van der Waals surface area contributed by atoms with Crippen LogP contribution in [0.1, 0.15) is 52.4 Å². The van der Waals surface area contributed by atoms with Gasteiger partial charge in [0.25, 0.3) is 0 Å². The third-order valence-electron chi connectivity index (χ3n) is 2.77.